The molecule has 1 aromatic rings. The Bertz CT molecular complexity index is 271. The molecule has 1 rings (SSSR count). The molecule has 0 aliphatic heterocycles. The van der Waals surface area contributed by atoms with Gasteiger partial charge in [0.1, 0.15) is 12.0 Å². The normalized spacial score (nSPS) is 12.7. The molecular weight excluding hydrogens is 190 g/mol. The Balaban J connectivity index is 2.33. The number of phenols is 1. The molecule has 0 bridgehead atoms. The van der Waals surface area contributed by atoms with Gasteiger partial charge < -0.3 is 10.2 Å². The van der Waals surface area contributed by atoms with Gasteiger partial charge in [0.15, 0.2) is 0 Å². The maximum absolute atomic E-state index is 9.72. The fourth-order valence-electron chi connectivity index (χ4n) is 1.39. The molecule has 0 aliphatic carbocycles. The van der Waals surface area contributed by atoms with E-state index in [0.717, 1.165) is 18.5 Å². The minimum absolute atomic E-state index is 0.219. The van der Waals surface area contributed by atoms with Gasteiger partial charge in [0.05, 0.1) is 0 Å². The van der Waals surface area contributed by atoms with Crippen LogP contribution in [0, 0.1) is 0 Å². The van der Waals surface area contributed by atoms with Crippen molar-refractivity contribution in [1.82, 2.24) is 5.32 Å². The number of phenolic OH excluding ortho intramolecular Hbond substituents is 1. The molecular formula is C12H19NO2. The summed E-state index contributed by atoms with van der Waals surface area (Å²) in [5, 5.41) is 21.8. The maximum atomic E-state index is 9.72. The highest BCUT2D eigenvalue weighted by Gasteiger charge is 2.05. The molecule has 3 nitrogen and oxygen atoms in total. The number of benzene rings is 1. The number of aliphatic hydroxyl groups excluding tert-OH is 1. The molecule has 0 saturated heterocycles. The SMILES string of the molecule is CCCCCNC(O)c1ccc(O)cc1. The van der Waals surface area contributed by atoms with Gasteiger partial charge in [0, 0.05) is 0 Å². The van der Waals surface area contributed by atoms with E-state index in [0.29, 0.717) is 0 Å². The number of nitrogens with one attached hydrogen (secondary N) is 1. The lowest BCUT2D eigenvalue weighted by molar-refractivity contribution is 0.138. The van der Waals surface area contributed by atoms with Crippen LogP contribution < -0.4 is 5.32 Å². The number of unbranched alkanes of at least 4 members (excludes halogenated alkanes) is 2. The van der Waals surface area contributed by atoms with Crippen LogP contribution in [0.5, 0.6) is 5.75 Å². The van der Waals surface area contributed by atoms with Crippen LogP contribution in [0.4, 0.5) is 0 Å². The summed E-state index contributed by atoms with van der Waals surface area (Å²) in [6.07, 6.45) is 2.79. The summed E-state index contributed by atoms with van der Waals surface area (Å²) >= 11 is 0. The highest BCUT2D eigenvalue weighted by molar-refractivity contribution is 5.26. The summed E-state index contributed by atoms with van der Waals surface area (Å²) in [6.45, 7) is 2.96. The summed E-state index contributed by atoms with van der Waals surface area (Å²) in [4.78, 5) is 0. The van der Waals surface area contributed by atoms with Crippen molar-refractivity contribution in [3.05, 3.63) is 29.8 Å². The van der Waals surface area contributed by atoms with E-state index in [2.05, 4.69) is 12.2 Å². The summed E-state index contributed by atoms with van der Waals surface area (Å²) in [5.74, 6) is 0.219. The van der Waals surface area contributed by atoms with Crippen molar-refractivity contribution >= 4 is 0 Å². The van der Waals surface area contributed by atoms with E-state index >= 15 is 0 Å². The summed E-state index contributed by atoms with van der Waals surface area (Å²) in [7, 11) is 0. The molecule has 0 saturated carbocycles. The molecule has 15 heavy (non-hydrogen) atoms. The van der Waals surface area contributed by atoms with Crippen LogP contribution >= 0.6 is 0 Å². The maximum Gasteiger partial charge on any atom is 0.131 e. The molecule has 0 radical (unpaired) electrons. The van der Waals surface area contributed by atoms with Gasteiger partial charge in [-0.3, -0.25) is 5.32 Å². The second kappa shape index (κ2) is 6.43. The minimum Gasteiger partial charge on any atom is -0.508 e. The van der Waals surface area contributed by atoms with E-state index in [-0.39, 0.29) is 5.75 Å². The quantitative estimate of drug-likeness (QED) is 0.497. The van der Waals surface area contributed by atoms with Crippen LogP contribution in [0.3, 0.4) is 0 Å². The predicted molar refractivity (Wildman–Crippen MR) is 60.6 cm³/mol. The second-order valence-corrected chi connectivity index (χ2v) is 3.66. The van der Waals surface area contributed by atoms with Crippen LogP contribution in [-0.4, -0.2) is 16.8 Å². The third-order valence-electron chi connectivity index (χ3n) is 2.33. The van der Waals surface area contributed by atoms with Crippen molar-refractivity contribution < 1.29 is 10.2 Å². The number of hydrogen-bond donors (Lipinski definition) is 3. The first-order valence-corrected chi connectivity index (χ1v) is 5.44. The third-order valence-corrected chi connectivity index (χ3v) is 2.33. The Hall–Kier alpha value is -1.06. The summed E-state index contributed by atoms with van der Waals surface area (Å²) < 4.78 is 0. The highest BCUT2D eigenvalue weighted by Crippen LogP contribution is 2.14. The molecule has 84 valence electrons. The van der Waals surface area contributed by atoms with Gasteiger partial charge in [-0.25, -0.2) is 0 Å². The average Bonchev–Trinajstić information content (AvgIpc) is 2.25. The lowest BCUT2D eigenvalue weighted by Gasteiger charge is -2.12. The van der Waals surface area contributed by atoms with Crippen LogP contribution in [-0.2, 0) is 0 Å². The molecule has 0 fully saturated rings. The predicted octanol–water partition coefficient (Wildman–Crippen LogP) is 2.16. The van der Waals surface area contributed by atoms with E-state index in [1.165, 1.54) is 12.8 Å². The van der Waals surface area contributed by atoms with Crippen LogP contribution in [0.25, 0.3) is 0 Å². The van der Waals surface area contributed by atoms with Crippen LogP contribution in [0.1, 0.15) is 38.0 Å². The van der Waals surface area contributed by atoms with Crippen molar-refractivity contribution in [2.45, 2.75) is 32.4 Å². The van der Waals surface area contributed by atoms with Gasteiger partial charge in [0.2, 0.25) is 0 Å². The number of aliphatic hydroxyl groups is 1. The molecule has 0 aromatic heterocycles. The van der Waals surface area contributed by atoms with E-state index in [9.17, 15) is 5.11 Å². The fourth-order valence-corrected chi connectivity index (χ4v) is 1.39. The highest BCUT2D eigenvalue weighted by atomic mass is 16.3. The Labute approximate surface area is 90.8 Å². The topological polar surface area (TPSA) is 52.5 Å². The van der Waals surface area contributed by atoms with Crippen molar-refractivity contribution in [3.8, 4) is 5.75 Å². The van der Waals surface area contributed by atoms with Crippen molar-refractivity contribution in [1.29, 1.82) is 0 Å². The largest absolute Gasteiger partial charge is 0.508 e. The third kappa shape index (κ3) is 4.32. The molecule has 0 amide bonds. The monoisotopic (exact) mass is 209 g/mol. The lowest BCUT2D eigenvalue weighted by atomic mass is 10.2. The number of hydrogen-bond acceptors (Lipinski definition) is 3. The molecule has 1 aromatic carbocycles. The van der Waals surface area contributed by atoms with E-state index in [1.54, 1.807) is 24.3 Å². The van der Waals surface area contributed by atoms with Gasteiger partial charge in [0.25, 0.3) is 0 Å². The van der Waals surface area contributed by atoms with Crippen molar-refractivity contribution in [2.75, 3.05) is 6.54 Å². The van der Waals surface area contributed by atoms with Crippen LogP contribution in [0.2, 0.25) is 0 Å². The Kier molecular flexibility index (Phi) is 5.15. The molecule has 0 heterocycles. The Morgan fingerprint density at radius 1 is 1.20 bits per heavy atom. The van der Waals surface area contributed by atoms with Crippen LogP contribution in [0.15, 0.2) is 24.3 Å². The molecule has 1 unspecified atom stereocenters. The van der Waals surface area contributed by atoms with E-state index < -0.39 is 6.23 Å². The van der Waals surface area contributed by atoms with E-state index in [1.807, 2.05) is 0 Å². The van der Waals surface area contributed by atoms with E-state index in [4.69, 9.17) is 5.11 Å². The van der Waals surface area contributed by atoms with Gasteiger partial charge in [-0.15, -0.1) is 0 Å². The van der Waals surface area contributed by atoms with Gasteiger partial charge in [-0.2, -0.15) is 0 Å². The minimum atomic E-state index is -0.637. The van der Waals surface area contributed by atoms with Gasteiger partial charge in [-0.05, 0) is 30.7 Å². The number of aromatic hydroxyl groups is 1. The zero-order valence-corrected chi connectivity index (χ0v) is 9.11. The van der Waals surface area contributed by atoms with Crippen molar-refractivity contribution in [3.63, 3.8) is 0 Å². The average molecular weight is 209 g/mol. The Morgan fingerprint density at radius 2 is 1.87 bits per heavy atom. The first-order valence-electron chi connectivity index (χ1n) is 5.44. The zero-order valence-electron chi connectivity index (χ0n) is 9.11. The number of rotatable bonds is 6. The first kappa shape index (κ1) is 12.0. The smallest absolute Gasteiger partial charge is 0.131 e. The molecule has 0 spiro atoms. The molecule has 3 N–H and O–H groups in total. The van der Waals surface area contributed by atoms with Crippen molar-refractivity contribution in [2.24, 2.45) is 0 Å². The molecule has 1 atom stereocenters. The first-order chi connectivity index (χ1) is 7.24. The van der Waals surface area contributed by atoms with Gasteiger partial charge in [-0.1, -0.05) is 31.9 Å². The fraction of sp³-hybridized carbons (Fsp3) is 0.500. The summed E-state index contributed by atoms with van der Waals surface area (Å²) in [5.41, 5.74) is 0.782. The lowest BCUT2D eigenvalue weighted by Crippen LogP contribution is -2.21. The van der Waals surface area contributed by atoms with Gasteiger partial charge >= 0.3 is 0 Å². The zero-order chi connectivity index (χ0) is 11.1. The second-order valence-electron chi connectivity index (χ2n) is 3.66. The summed E-state index contributed by atoms with van der Waals surface area (Å²) in [6, 6.07) is 6.58. The standard InChI is InChI=1S/C12H19NO2/c1-2-3-4-9-13-12(15)10-5-7-11(14)8-6-10/h5-8,12-15H,2-4,9H2,1H3. The molecule has 3 heteroatoms. The molecule has 0 aliphatic rings. The Morgan fingerprint density at radius 3 is 2.47 bits per heavy atom.